The van der Waals surface area contributed by atoms with Gasteiger partial charge in [-0.25, -0.2) is 0 Å². The maximum atomic E-state index is 10.2. The summed E-state index contributed by atoms with van der Waals surface area (Å²) in [5.74, 6) is 0. The van der Waals surface area contributed by atoms with Crippen LogP contribution in [0.15, 0.2) is 0 Å². The van der Waals surface area contributed by atoms with Crippen molar-refractivity contribution in [3.05, 3.63) is 0 Å². The largest absolute Gasteiger partial charge is 0.153 e. The Hall–Kier alpha value is -0.140. The summed E-state index contributed by atoms with van der Waals surface area (Å²) < 4.78 is 20.2. The first kappa shape index (κ1) is 3.86. The smallest absolute Gasteiger partial charge is 0.139 e. The normalized spacial score (nSPS) is 4.50. The monoisotopic (exact) mass is 82.0 g/mol. The molecule has 0 fully saturated rings. The highest BCUT2D eigenvalue weighted by Gasteiger charge is 1.37. The van der Waals surface area contributed by atoms with Crippen LogP contribution in [0, 0.1) is 5.44 Å². The minimum absolute atomic E-state index is 0.560. The third kappa shape index (κ3) is 1.86. The molecule has 0 aromatic heterocycles. The fourth-order valence-corrected chi connectivity index (χ4v) is 0. The van der Waals surface area contributed by atoms with Crippen molar-refractivity contribution in [3.8, 4) is 5.44 Å². The highest BCUT2D eigenvalue weighted by Crippen LogP contribution is 1.74. The summed E-state index contributed by atoms with van der Waals surface area (Å²) in [6.45, 7) is 0. The van der Waals surface area contributed by atoms with Gasteiger partial charge in [-0.3, -0.25) is 0 Å². The Morgan fingerprint density at radius 2 is 2.00 bits per heavy atom. The van der Waals surface area contributed by atoms with Gasteiger partial charge in [-0.05, 0) is 0 Å². The lowest BCUT2D eigenvalue weighted by atomic mass is 11.9. The van der Waals surface area contributed by atoms with Gasteiger partial charge in [-0.2, -0.15) is 0 Å². The minimum Gasteiger partial charge on any atom is -0.139 e. The third-order valence-electron chi connectivity index (χ3n) is 0.0292. The summed E-state index contributed by atoms with van der Waals surface area (Å²) in [6.07, 6.45) is 0. The van der Waals surface area contributed by atoms with E-state index in [1.54, 1.807) is 0 Å². The highest BCUT2D eigenvalue weighted by molar-refractivity contribution is 7.83. The topological polar surface area (TPSA) is 0 Å². The zero-order valence-electron chi connectivity index (χ0n) is 1.66. The van der Waals surface area contributed by atoms with Gasteiger partial charge in [0, 0.05) is 0 Å². The van der Waals surface area contributed by atoms with E-state index < -0.39 is 11.6 Å². The molecule has 3 heteroatoms. The molecule has 0 rings (SSSR count). The van der Waals surface area contributed by atoms with Crippen molar-refractivity contribution >= 4 is 11.6 Å². The van der Waals surface area contributed by atoms with E-state index in [2.05, 4.69) is 0 Å². The summed E-state index contributed by atoms with van der Waals surface area (Å²) in [4.78, 5) is 0. The second-order valence-electron chi connectivity index (χ2n) is 0.154. The number of hydrogen-bond acceptors (Lipinski definition) is 0. The molecule has 0 spiro atoms. The SMILES string of the molecule is FC#SF. The van der Waals surface area contributed by atoms with E-state index in [0.29, 0.717) is 5.44 Å². The molecule has 0 heterocycles. The third-order valence-corrected chi connectivity index (χ3v) is 0.0875. The molecular weight excluding hydrogens is 82.1 g/mol. The average Bonchev–Trinajstić information content (AvgIpc) is 1.37. The molecular formula is CF2S. The van der Waals surface area contributed by atoms with E-state index in [-0.39, 0.29) is 0 Å². The Morgan fingerprint density at radius 3 is 2.00 bits per heavy atom. The first-order valence-corrected chi connectivity index (χ1v) is 1.26. The second kappa shape index (κ2) is 2.86. The maximum absolute atomic E-state index is 10.2. The first-order chi connectivity index (χ1) is 1.91. The Balaban J connectivity index is 2.83. The van der Waals surface area contributed by atoms with Gasteiger partial charge in [-0.1, -0.05) is 0 Å². The molecule has 0 bridgehead atoms. The van der Waals surface area contributed by atoms with Crippen LogP contribution in [0.25, 0.3) is 0 Å². The maximum Gasteiger partial charge on any atom is 0.153 e. The van der Waals surface area contributed by atoms with Crippen LogP contribution in [0.2, 0.25) is 0 Å². The van der Waals surface area contributed by atoms with Gasteiger partial charge in [0.2, 0.25) is 0 Å². The van der Waals surface area contributed by atoms with Gasteiger partial charge in [0.15, 0.2) is 5.44 Å². The summed E-state index contributed by atoms with van der Waals surface area (Å²) in [5.41, 5.74) is 0.681. The summed E-state index contributed by atoms with van der Waals surface area (Å²) in [5, 5.41) is 0. The van der Waals surface area contributed by atoms with Gasteiger partial charge in [0.1, 0.15) is 11.6 Å². The van der Waals surface area contributed by atoms with Gasteiger partial charge in [0.05, 0.1) is 0 Å². The first-order valence-electron chi connectivity index (χ1n) is 0.547. The van der Waals surface area contributed by atoms with Crippen LogP contribution in [0.5, 0.6) is 0 Å². The summed E-state index contributed by atoms with van der Waals surface area (Å²) in [7, 11) is 0. The molecule has 0 aliphatic carbocycles. The van der Waals surface area contributed by atoms with Crippen LogP contribution in [0.3, 0.4) is 0 Å². The van der Waals surface area contributed by atoms with Crippen LogP contribution < -0.4 is 0 Å². The molecule has 0 unspecified atom stereocenters. The van der Waals surface area contributed by atoms with Crippen molar-refractivity contribution < 1.29 is 8.28 Å². The van der Waals surface area contributed by atoms with Crippen LogP contribution in [0.4, 0.5) is 8.28 Å². The van der Waals surface area contributed by atoms with E-state index in [1.165, 1.54) is 0 Å². The highest BCUT2D eigenvalue weighted by atomic mass is 32.2. The van der Waals surface area contributed by atoms with E-state index in [0.717, 1.165) is 0 Å². The number of halogens is 2. The Kier molecular flexibility index (Phi) is 2.76. The van der Waals surface area contributed by atoms with Gasteiger partial charge < -0.3 is 0 Å². The Bertz CT molecular complexity index is 42.8. The van der Waals surface area contributed by atoms with Crippen LogP contribution in [-0.4, -0.2) is 0 Å². The molecule has 0 saturated heterocycles. The Labute approximate surface area is 26.3 Å². The molecule has 0 saturated carbocycles. The fraction of sp³-hybridized carbons (Fsp3) is 0. The molecule has 0 N–H and O–H groups in total. The molecule has 24 valence electrons. The van der Waals surface area contributed by atoms with Crippen LogP contribution in [-0.2, 0) is 0 Å². The predicted molar refractivity (Wildman–Crippen MR) is 13.7 cm³/mol. The van der Waals surface area contributed by atoms with Crippen molar-refractivity contribution in [1.82, 2.24) is 0 Å². The van der Waals surface area contributed by atoms with Crippen molar-refractivity contribution in [2.45, 2.75) is 0 Å². The zero-order chi connectivity index (χ0) is 3.41. The fourth-order valence-electron chi connectivity index (χ4n) is 0. The lowest BCUT2D eigenvalue weighted by molar-refractivity contribution is 0.777. The van der Waals surface area contributed by atoms with E-state index in [1.807, 2.05) is 0 Å². The molecule has 0 radical (unpaired) electrons. The lowest BCUT2D eigenvalue weighted by Crippen LogP contribution is -1.03. The van der Waals surface area contributed by atoms with Crippen molar-refractivity contribution in [1.29, 1.82) is 0 Å². The molecule has 0 nitrogen and oxygen atoms in total. The molecule has 0 aliphatic rings. The minimum atomic E-state index is -0.560. The van der Waals surface area contributed by atoms with Crippen molar-refractivity contribution in [2.24, 2.45) is 0 Å². The van der Waals surface area contributed by atoms with Gasteiger partial charge >= 0.3 is 0 Å². The summed E-state index contributed by atoms with van der Waals surface area (Å²) >= 11 is -0.560. The van der Waals surface area contributed by atoms with Gasteiger partial charge in [0.25, 0.3) is 0 Å². The van der Waals surface area contributed by atoms with E-state index in [9.17, 15) is 8.28 Å². The van der Waals surface area contributed by atoms with Crippen molar-refractivity contribution in [2.75, 3.05) is 0 Å². The molecule has 0 aromatic carbocycles. The zero-order valence-corrected chi connectivity index (χ0v) is 2.48. The van der Waals surface area contributed by atoms with Gasteiger partial charge in [-0.15, -0.1) is 8.28 Å². The van der Waals surface area contributed by atoms with Crippen LogP contribution in [0.1, 0.15) is 0 Å². The number of hydrogen-bond donors (Lipinski definition) is 0. The quantitative estimate of drug-likeness (QED) is 0.415. The summed E-state index contributed by atoms with van der Waals surface area (Å²) in [6, 6.07) is 0. The predicted octanol–water partition coefficient (Wildman–Crippen LogP) is 1.49. The van der Waals surface area contributed by atoms with E-state index in [4.69, 9.17) is 0 Å². The van der Waals surface area contributed by atoms with Crippen LogP contribution >= 0.6 is 11.6 Å². The number of rotatable bonds is 0. The molecule has 0 amide bonds. The molecule has 4 heavy (non-hydrogen) atoms. The second-order valence-corrected chi connectivity index (χ2v) is 0.463. The Morgan fingerprint density at radius 1 is 1.75 bits per heavy atom. The van der Waals surface area contributed by atoms with Crippen molar-refractivity contribution in [3.63, 3.8) is 0 Å². The lowest BCUT2D eigenvalue weighted by Gasteiger charge is -1.30. The molecule has 0 aliphatic heterocycles. The molecule has 0 aromatic rings. The standard InChI is InChI=1S/CF2S/c2-1-4-3. The molecule has 0 atom stereocenters. The van der Waals surface area contributed by atoms with E-state index >= 15 is 0 Å². The average molecular weight is 82.1 g/mol.